The quantitative estimate of drug-likeness (QED) is 0.551. The first-order valence-corrected chi connectivity index (χ1v) is 6.49. The summed E-state index contributed by atoms with van der Waals surface area (Å²) in [6.07, 6.45) is 1.89. The van der Waals surface area contributed by atoms with Crippen LogP contribution in [0.2, 0.25) is 0 Å². The SMILES string of the molecule is CCCOc1ccccc1C(NN)C(CC)OC. The molecule has 0 aliphatic carbocycles. The van der Waals surface area contributed by atoms with E-state index in [4.69, 9.17) is 15.3 Å². The topological polar surface area (TPSA) is 56.5 Å². The summed E-state index contributed by atoms with van der Waals surface area (Å²) in [5, 5.41) is 0. The smallest absolute Gasteiger partial charge is 0.124 e. The van der Waals surface area contributed by atoms with Gasteiger partial charge in [-0.15, -0.1) is 0 Å². The number of ether oxygens (including phenoxy) is 2. The van der Waals surface area contributed by atoms with Gasteiger partial charge in [0.05, 0.1) is 18.8 Å². The van der Waals surface area contributed by atoms with Gasteiger partial charge in [0.15, 0.2) is 0 Å². The van der Waals surface area contributed by atoms with Crippen molar-refractivity contribution in [3.63, 3.8) is 0 Å². The average Bonchev–Trinajstić information content (AvgIpc) is 2.43. The minimum absolute atomic E-state index is 0.0291. The molecule has 2 unspecified atom stereocenters. The normalized spacial score (nSPS) is 14.2. The zero-order valence-corrected chi connectivity index (χ0v) is 11.5. The summed E-state index contributed by atoms with van der Waals surface area (Å²) in [7, 11) is 1.70. The molecular formula is C14H24N2O2. The van der Waals surface area contributed by atoms with Crippen LogP contribution in [0.3, 0.4) is 0 Å². The van der Waals surface area contributed by atoms with Gasteiger partial charge in [0.2, 0.25) is 0 Å². The third-order valence-electron chi connectivity index (χ3n) is 2.97. The molecule has 4 nitrogen and oxygen atoms in total. The minimum Gasteiger partial charge on any atom is -0.493 e. The fourth-order valence-corrected chi connectivity index (χ4v) is 2.02. The molecule has 1 aromatic carbocycles. The first-order valence-electron chi connectivity index (χ1n) is 6.49. The molecule has 0 fully saturated rings. The minimum atomic E-state index is -0.0620. The van der Waals surface area contributed by atoms with Gasteiger partial charge in [-0.1, -0.05) is 32.0 Å². The Bertz CT molecular complexity index is 340. The van der Waals surface area contributed by atoms with Crippen molar-refractivity contribution >= 4 is 0 Å². The van der Waals surface area contributed by atoms with Crippen LogP contribution < -0.4 is 16.0 Å². The number of hydrazine groups is 1. The van der Waals surface area contributed by atoms with Crippen molar-refractivity contribution in [2.45, 2.75) is 38.8 Å². The highest BCUT2D eigenvalue weighted by Crippen LogP contribution is 2.29. The summed E-state index contributed by atoms with van der Waals surface area (Å²) in [6.45, 7) is 4.87. The van der Waals surface area contributed by atoms with Crippen LogP contribution in [0.15, 0.2) is 24.3 Å². The molecule has 0 amide bonds. The van der Waals surface area contributed by atoms with Crippen molar-refractivity contribution in [1.82, 2.24) is 5.43 Å². The predicted molar refractivity (Wildman–Crippen MR) is 73.4 cm³/mol. The molecule has 1 aromatic rings. The lowest BCUT2D eigenvalue weighted by Gasteiger charge is -2.26. The molecule has 3 N–H and O–H groups in total. The van der Waals surface area contributed by atoms with Crippen molar-refractivity contribution in [3.05, 3.63) is 29.8 Å². The van der Waals surface area contributed by atoms with Gasteiger partial charge in [-0.3, -0.25) is 11.3 Å². The Morgan fingerprint density at radius 1 is 1.28 bits per heavy atom. The lowest BCUT2D eigenvalue weighted by molar-refractivity contribution is 0.0640. The van der Waals surface area contributed by atoms with E-state index in [1.165, 1.54) is 0 Å². The van der Waals surface area contributed by atoms with E-state index in [1.807, 2.05) is 24.3 Å². The highest BCUT2D eigenvalue weighted by atomic mass is 16.5. The molecule has 0 spiro atoms. The Morgan fingerprint density at radius 3 is 2.56 bits per heavy atom. The van der Waals surface area contributed by atoms with E-state index in [1.54, 1.807) is 7.11 Å². The average molecular weight is 252 g/mol. The van der Waals surface area contributed by atoms with Crippen LogP contribution in [0.4, 0.5) is 0 Å². The summed E-state index contributed by atoms with van der Waals surface area (Å²) in [5.41, 5.74) is 3.88. The largest absolute Gasteiger partial charge is 0.493 e. The number of benzene rings is 1. The molecule has 0 bridgehead atoms. The summed E-state index contributed by atoms with van der Waals surface area (Å²) in [4.78, 5) is 0. The number of methoxy groups -OCH3 is 1. The number of para-hydroxylation sites is 1. The van der Waals surface area contributed by atoms with Gasteiger partial charge in [0.25, 0.3) is 0 Å². The van der Waals surface area contributed by atoms with E-state index >= 15 is 0 Å². The Balaban J connectivity index is 2.96. The van der Waals surface area contributed by atoms with Gasteiger partial charge in [-0.25, -0.2) is 0 Å². The number of nitrogens with two attached hydrogens (primary N) is 1. The molecule has 0 aliphatic heterocycles. The predicted octanol–water partition coefficient (Wildman–Crippen LogP) is 2.40. The first-order chi connectivity index (χ1) is 8.78. The van der Waals surface area contributed by atoms with E-state index in [2.05, 4.69) is 19.3 Å². The molecule has 2 atom stereocenters. The van der Waals surface area contributed by atoms with Gasteiger partial charge in [0, 0.05) is 12.7 Å². The van der Waals surface area contributed by atoms with Gasteiger partial charge >= 0.3 is 0 Å². The lowest BCUT2D eigenvalue weighted by Crippen LogP contribution is -2.37. The first kappa shape index (κ1) is 15.0. The van der Waals surface area contributed by atoms with Crippen LogP contribution in [0, 0.1) is 0 Å². The zero-order chi connectivity index (χ0) is 13.4. The van der Waals surface area contributed by atoms with Crippen LogP contribution in [0.25, 0.3) is 0 Å². The Morgan fingerprint density at radius 2 is 2.00 bits per heavy atom. The van der Waals surface area contributed by atoms with Gasteiger partial charge in [0.1, 0.15) is 5.75 Å². The van der Waals surface area contributed by atoms with Crippen LogP contribution in [0.5, 0.6) is 5.75 Å². The fourth-order valence-electron chi connectivity index (χ4n) is 2.02. The monoisotopic (exact) mass is 252 g/mol. The number of hydrogen-bond acceptors (Lipinski definition) is 4. The molecule has 0 saturated heterocycles. The number of nitrogens with one attached hydrogen (secondary N) is 1. The number of hydrogen-bond donors (Lipinski definition) is 2. The summed E-state index contributed by atoms with van der Waals surface area (Å²) in [5.74, 6) is 6.54. The van der Waals surface area contributed by atoms with E-state index in [9.17, 15) is 0 Å². The Labute approximate surface area is 109 Å². The molecule has 0 aromatic heterocycles. The molecular weight excluding hydrogens is 228 g/mol. The molecule has 4 heteroatoms. The second-order valence-corrected chi connectivity index (χ2v) is 4.21. The fraction of sp³-hybridized carbons (Fsp3) is 0.571. The van der Waals surface area contributed by atoms with Crippen molar-refractivity contribution in [2.24, 2.45) is 5.84 Å². The highest BCUT2D eigenvalue weighted by Gasteiger charge is 2.23. The highest BCUT2D eigenvalue weighted by molar-refractivity contribution is 5.36. The van der Waals surface area contributed by atoms with Crippen LogP contribution in [-0.4, -0.2) is 19.8 Å². The van der Waals surface area contributed by atoms with Gasteiger partial charge in [-0.05, 0) is 18.9 Å². The number of rotatable bonds is 8. The van der Waals surface area contributed by atoms with Crippen LogP contribution in [-0.2, 0) is 4.74 Å². The summed E-state index contributed by atoms with van der Waals surface area (Å²) >= 11 is 0. The maximum absolute atomic E-state index is 5.76. The van der Waals surface area contributed by atoms with E-state index in [0.717, 1.165) is 24.2 Å². The van der Waals surface area contributed by atoms with E-state index in [0.29, 0.717) is 6.61 Å². The van der Waals surface area contributed by atoms with Crippen LogP contribution in [0.1, 0.15) is 38.3 Å². The van der Waals surface area contributed by atoms with Crippen LogP contribution >= 0.6 is 0 Å². The maximum atomic E-state index is 5.76. The molecule has 102 valence electrons. The van der Waals surface area contributed by atoms with Gasteiger partial charge in [-0.2, -0.15) is 0 Å². The second kappa shape index (κ2) is 8.08. The standard InChI is InChI=1S/C14H24N2O2/c1-4-10-18-13-9-7-6-8-11(13)14(16-15)12(5-2)17-3/h6-9,12,14,16H,4-5,10,15H2,1-3H3. The molecule has 0 saturated carbocycles. The van der Waals surface area contributed by atoms with Crippen molar-refractivity contribution in [3.8, 4) is 5.75 Å². The third kappa shape index (κ3) is 3.70. The van der Waals surface area contributed by atoms with Crippen molar-refractivity contribution in [1.29, 1.82) is 0 Å². The zero-order valence-electron chi connectivity index (χ0n) is 11.5. The third-order valence-corrected chi connectivity index (χ3v) is 2.97. The second-order valence-electron chi connectivity index (χ2n) is 4.21. The summed E-state index contributed by atoms with van der Waals surface area (Å²) in [6, 6.07) is 7.89. The van der Waals surface area contributed by atoms with Crippen molar-refractivity contribution in [2.75, 3.05) is 13.7 Å². The van der Waals surface area contributed by atoms with Crippen molar-refractivity contribution < 1.29 is 9.47 Å². The molecule has 0 radical (unpaired) electrons. The lowest BCUT2D eigenvalue weighted by atomic mass is 9.99. The Kier molecular flexibility index (Phi) is 6.72. The molecule has 1 rings (SSSR count). The van der Waals surface area contributed by atoms with E-state index < -0.39 is 0 Å². The molecule has 0 heterocycles. The maximum Gasteiger partial charge on any atom is 0.124 e. The van der Waals surface area contributed by atoms with Gasteiger partial charge < -0.3 is 9.47 Å². The van der Waals surface area contributed by atoms with E-state index in [-0.39, 0.29) is 12.1 Å². The molecule has 18 heavy (non-hydrogen) atoms. The Hall–Kier alpha value is -1.10. The molecule has 0 aliphatic rings. The summed E-state index contributed by atoms with van der Waals surface area (Å²) < 4.78 is 11.2.